The summed E-state index contributed by atoms with van der Waals surface area (Å²) in [6.45, 7) is 2.09. The minimum atomic E-state index is -0.460. The van der Waals surface area contributed by atoms with Crippen LogP contribution in [-0.4, -0.2) is 47.1 Å². The van der Waals surface area contributed by atoms with Crippen LogP contribution < -0.4 is 5.32 Å². The molecule has 2 saturated heterocycles. The summed E-state index contributed by atoms with van der Waals surface area (Å²) in [6, 6.07) is 5.12. The maximum atomic E-state index is 12.8. The zero-order valence-electron chi connectivity index (χ0n) is 16.3. The third-order valence-corrected chi connectivity index (χ3v) is 6.45. The Balaban J connectivity index is 1.52. The maximum absolute atomic E-state index is 12.8. The Bertz CT molecular complexity index is 734. The smallest absolute Gasteiger partial charge is 0.282 e. The van der Waals surface area contributed by atoms with Crippen LogP contribution in [0.1, 0.15) is 68.1 Å². The van der Waals surface area contributed by atoms with Gasteiger partial charge in [-0.3, -0.25) is 14.9 Å². The van der Waals surface area contributed by atoms with Gasteiger partial charge < -0.3 is 15.0 Å². The number of carbonyl (C=O) groups excluding carboxylic acids is 1. The highest BCUT2D eigenvalue weighted by Crippen LogP contribution is 2.39. The number of benzene rings is 1. The number of amides is 1. The zero-order valence-corrected chi connectivity index (χ0v) is 16.3. The summed E-state index contributed by atoms with van der Waals surface area (Å²) in [5.74, 6) is -0.233. The molecule has 7 heteroatoms. The Hall–Kier alpha value is -2.15. The fraction of sp³-hybridized carbons (Fsp3) is 0.667. The molecule has 1 atom stereocenters. The first kappa shape index (κ1) is 19.2. The van der Waals surface area contributed by atoms with Crippen LogP contribution in [0, 0.1) is 10.1 Å². The van der Waals surface area contributed by atoms with E-state index in [0.29, 0.717) is 13.1 Å². The molecule has 7 nitrogen and oxygen atoms in total. The van der Waals surface area contributed by atoms with Gasteiger partial charge in [-0.25, -0.2) is 0 Å². The third-order valence-electron chi connectivity index (χ3n) is 6.45. The van der Waals surface area contributed by atoms with Crippen molar-refractivity contribution in [3.05, 3.63) is 33.9 Å². The number of carbonyl (C=O) groups is 1. The van der Waals surface area contributed by atoms with Crippen molar-refractivity contribution in [1.29, 1.82) is 0 Å². The molecule has 1 N–H and O–H groups in total. The number of nitrogens with zero attached hydrogens (tertiary/aromatic N) is 2. The molecule has 1 aliphatic carbocycles. The molecule has 1 amide bonds. The topological polar surface area (TPSA) is 84.7 Å². The molecule has 1 unspecified atom stereocenters. The molecular weight excluding hydrogens is 358 g/mol. The summed E-state index contributed by atoms with van der Waals surface area (Å²) in [5, 5.41) is 15.0. The summed E-state index contributed by atoms with van der Waals surface area (Å²) >= 11 is 0. The van der Waals surface area contributed by atoms with Gasteiger partial charge in [0.25, 0.3) is 11.6 Å². The predicted octanol–water partition coefficient (Wildman–Crippen LogP) is 4.12. The van der Waals surface area contributed by atoms with Crippen molar-refractivity contribution in [1.82, 2.24) is 4.90 Å². The van der Waals surface area contributed by atoms with Crippen molar-refractivity contribution in [3.8, 4) is 0 Å². The van der Waals surface area contributed by atoms with Gasteiger partial charge in [0.15, 0.2) is 0 Å². The van der Waals surface area contributed by atoms with Crippen LogP contribution in [-0.2, 0) is 4.74 Å². The lowest BCUT2D eigenvalue weighted by molar-refractivity contribution is -0.385. The number of hydrogen-bond acceptors (Lipinski definition) is 5. The van der Waals surface area contributed by atoms with Crippen molar-refractivity contribution in [2.24, 2.45) is 0 Å². The molecule has 1 saturated carbocycles. The highest BCUT2D eigenvalue weighted by Gasteiger charge is 2.38. The van der Waals surface area contributed by atoms with E-state index in [2.05, 4.69) is 5.32 Å². The number of nitro groups is 1. The van der Waals surface area contributed by atoms with Crippen molar-refractivity contribution >= 4 is 17.3 Å². The Labute approximate surface area is 165 Å². The first-order chi connectivity index (χ1) is 13.6. The van der Waals surface area contributed by atoms with Crippen LogP contribution in [0.5, 0.6) is 0 Å². The molecule has 1 aromatic carbocycles. The number of hydrogen-bond donors (Lipinski definition) is 1. The Morgan fingerprint density at radius 1 is 1.18 bits per heavy atom. The summed E-state index contributed by atoms with van der Waals surface area (Å²) in [6.07, 6.45) is 9.75. The second kappa shape index (κ2) is 8.07. The van der Waals surface area contributed by atoms with Crippen LogP contribution in [0.2, 0.25) is 0 Å². The minimum absolute atomic E-state index is 0.0108. The van der Waals surface area contributed by atoms with Gasteiger partial charge in [0.05, 0.1) is 10.5 Å². The normalized spacial score (nSPS) is 24.3. The minimum Gasteiger partial charge on any atom is -0.382 e. The molecular formula is C21H29N3O4. The van der Waals surface area contributed by atoms with Gasteiger partial charge in [0.1, 0.15) is 5.56 Å². The van der Waals surface area contributed by atoms with Crippen LogP contribution in [0.3, 0.4) is 0 Å². The van der Waals surface area contributed by atoms with Crippen LogP contribution in [0.4, 0.5) is 11.4 Å². The van der Waals surface area contributed by atoms with Crippen LogP contribution in [0.25, 0.3) is 0 Å². The highest BCUT2D eigenvalue weighted by atomic mass is 16.6. The van der Waals surface area contributed by atoms with Gasteiger partial charge in [-0.1, -0.05) is 19.3 Å². The van der Waals surface area contributed by atoms with Crippen molar-refractivity contribution in [2.45, 2.75) is 69.4 Å². The standard InChI is InChI=1S/C21H29N3O4/c25-20(23-11-4-5-12-23)18-14-16(6-7-19(18)24(26)27)22-17-8-13-28-21(15-17)9-2-1-3-10-21/h6-7,14,17,22H,1-5,8-13,15H2. The molecule has 28 heavy (non-hydrogen) atoms. The van der Waals surface area contributed by atoms with Crippen molar-refractivity contribution < 1.29 is 14.5 Å². The molecule has 0 aromatic heterocycles. The largest absolute Gasteiger partial charge is 0.382 e. The molecule has 1 aromatic rings. The molecule has 3 fully saturated rings. The van der Waals surface area contributed by atoms with Crippen LogP contribution >= 0.6 is 0 Å². The monoisotopic (exact) mass is 387 g/mol. The molecule has 1 spiro atoms. The predicted molar refractivity (Wildman–Crippen MR) is 107 cm³/mol. The number of ether oxygens (including phenoxy) is 1. The molecule has 0 bridgehead atoms. The Kier molecular flexibility index (Phi) is 5.53. The first-order valence-corrected chi connectivity index (χ1v) is 10.5. The molecule has 2 heterocycles. The SMILES string of the molecule is O=C(c1cc(NC2CCOC3(CCCCC3)C2)ccc1[N+](=O)[O-])N1CCCC1. The summed E-state index contributed by atoms with van der Waals surface area (Å²) in [7, 11) is 0. The second-order valence-electron chi connectivity index (χ2n) is 8.41. The van der Waals surface area contributed by atoms with Gasteiger partial charge in [-0.2, -0.15) is 0 Å². The van der Waals surface area contributed by atoms with E-state index < -0.39 is 4.92 Å². The van der Waals surface area contributed by atoms with Gasteiger partial charge in [-0.15, -0.1) is 0 Å². The molecule has 3 aliphatic rings. The molecule has 2 aliphatic heterocycles. The van der Waals surface area contributed by atoms with Gasteiger partial charge in [-0.05, 0) is 50.7 Å². The fourth-order valence-corrected chi connectivity index (χ4v) is 4.98. The van der Waals surface area contributed by atoms with Gasteiger partial charge in [0, 0.05) is 37.5 Å². The Morgan fingerprint density at radius 2 is 1.93 bits per heavy atom. The lowest BCUT2D eigenvalue weighted by atomic mass is 9.78. The first-order valence-electron chi connectivity index (χ1n) is 10.5. The summed E-state index contributed by atoms with van der Waals surface area (Å²) in [5.41, 5.74) is 0.851. The number of anilines is 1. The van der Waals surface area contributed by atoms with Crippen LogP contribution in [0.15, 0.2) is 18.2 Å². The van der Waals surface area contributed by atoms with E-state index >= 15 is 0 Å². The second-order valence-corrected chi connectivity index (χ2v) is 8.41. The summed E-state index contributed by atoms with van der Waals surface area (Å²) in [4.78, 5) is 25.5. The van der Waals surface area contributed by atoms with Gasteiger partial charge >= 0.3 is 0 Å². The Morgan fingerprint density at radius 3 is 2.64 bits per heavy atom. The van der Waals surface area contributed by atoms with Crippen molar-refractivity contribution in [2.75, 3.05) is 25.0 Å². The van der Waals surface area contributed by atoms with Crippen molar-refractivity contribution in [3.63, 3.8) is 0 Å². The maximum Gasteiger partial charge on any atom is 0.282 e. The van der Waals surface area contributed by atoms with E-state index in [-0.39, 0.29) is 28.8 Å². The third kappa shape index (κ3) is 3.99. The number of nitro benzene ring substituents is 1. The zero-order chi connectivity index (χ0) is 19.6. The van der Waals surface area contributed by atoms with E-state index in [9.17, 15) is 14.9 Å². The quantitative estimate of drug-likeness (QED) is 0.620. The van der Waals surface area contributed by atoms with E-state index in [4.69, 9.17) is 4.74 Å². The number of nitrogens with one attached hydrogen (secondary N) is 1. The highest BCUT2D eigenvalue weighted by molar-refractivity contribution is 5.99. The molecule has 4 rings (SSSR count). The molecule has 152 valence electrons. The van der Waals surface area contributed by atoms with E-state index in [1.54, 1.807) is 17.0 Å². The average molecular weight is 387 g/mol. The number of likely N-dealkylation sites (tertiary alicyclic amines) is 1. The fourth-order valence-electron chi connectivity index (χ4n) is 4.98. The van der Waals surface area contributed by atoms with Gasteiger partial charge in [0.2, 0.25) is 0 Å². The van der Waals surface area contributed by atoms with E-state index in [1.807, 2.05) is 0 Å². The summed E-state index contributed by atoms with van der Waals surface area (Å²) < 4.78 is 6.16. The average Bonchev–Trinajstić information content (AvgIpc) is 3.23. The molecule has 0 radical (unpaired) electrons. The lowest BCUT2D eigenvalue weighted by Gasteiger charge is -2.44. The number of rotatable bonds is 4. The lowest BCUT2D eigenvalue weighted by Crippen LogP contribution is -2.45. The van der Waals surface area contributed by atoms with E-state index in [0.717, 1.165) is 50.8 Å². The van der Waals surface area contributed by atoms with E-state index in [1.165, 1.54) is 25.3 Å².